The van der Waals surface area contributed by atoms with Crippen LogP contribution >= 0.6 is 0 Å². The molecule has 2 saturated heterocycles. The van der Waals surface area contributed by atoms with E-state index in [4.69, 9.17) is 0 Å². The fourth-order valence-electron chi connectivity index (χ4n) is 7.66. The number of fused-ring (bicyclic) bond motifs is 1. The van der Waals surface area contributed by atoms with Gasteiger partial charge in [0, 0.05) is 43.3 Å². The van der Waals surface area contributed by atoms with Crippen molar-refractivity contribution in [1.82, 2.24) is 25.8 Å². The molecule has 0 aromatic heterocycles. The molecule has 2 aliphatic heterocycles. The Hall–Kier alpha value is -0.320. The molecule has 6 N–H and O–H groups in total. The summed E-state index contributed by atoms with van der Waals surface area (Å²) in [5.41, 5.74) is 0. The molecule has 3 rings (SSSR count). The molecule has 0 aromatic carbocycles. The number of aliphatic hydroxyl groups is 3. The molecule has 0 amide bonds. The fraction of sp³-hybridized carbons (Fsp3) is 1.00. The highest BCUT2D eigenvalue weighted by Crippen LogP contribution is 2.36. The molecule has 1 saturated carbocycles. The smallest absolute Gasteiger partial charge is 0.123 e. The highest BCUT2D eigenvalue weighted by atomic mass is 16.3. The molecule has 0 aromatic rings. The lowest BCUT2D eigenvalue weighted by Crippen LogP contribution is -2.55. The van der Waals surface area contributed by atoms with E-state index < -0.39 is 12.5 Å². The maximum Gasteiger partial charge on any atom is 0.123 e. The lowest BCUT2D eigenvalue weighted by atomic mass is 9.78. The molecule has 0 bridgehead atoms. The summed E-state index contributed by atoms with van der Waals surface area (Å²) in [4.78, 5) is 4.68. The average Bonchev–Trinajstić information content (AvgIpc) is 3.54. The molecule has 8 heteroatoms. The second-order valence-electron chi connectivity index (χ2n) is 13.8. The number of nitrogens with one attached hydrogen (secondary N) is 3. The summed E-state index contributed by atoms with van der Waals surface area (Å²) in [6.45, 7) is 16.0. The molecule has 9 unspecified atom stereocenters. The zero-order chi connectivity index (χ0) is 29.1. The van der Waals surface area contributed by atoms with E-state index >= 15 is 0 Å². The molecule has 0 radical (unpaired) electrons. The van der Waals surface area contributed by atoms with Crippen LogP contribution in [0.25, 0.3) is 0 Å². The van der Waals surface area contributed by atoms with Gasteiger partial charge in [-0.05, 0) is 89.3 Å². The van der Waals surface area contributed by atoms with Crippen molar-refractivity contribution in [3.05, 3.63) is 0 Å². The Balaban J connectivity index is 1.54. The summed E-state index contributed by atoms with van der Waals surface area (Å²) >= 11 is 0. The van der Waals surface area contributed by atoms with Crippen molar-refractivity contribution in [3.8, 4) is 0 Å². The van der Waals surface area contributed by atoms with Crippen molar-refractivity contribution < 1.29 is 15.3 Å². The predicted molar refractivity (Wildman–Crippen MR) is 165 cm³/mol. The van der Waals surface area contributed by atoms with Crippen LogP contribution in [0.2, 0.25) is 0 Å². The lowest BCUT2D eigenvalue weighted by Gasteiger charge is -2.37. The van der Waals surface area contributed by atoms with Crippen LogP contribution in [0.4, 0.5) is 0 Å². The first-order valence-corrected chi connectivity index (χ1v) is 17.0. The maximum atomic E-state index is 11.6. The zero-order valence-electron chi connectivity index (χ0n) is 26.5. The molecule has 236 valence electrons. The van der Waals surface area contributed by atoms with E-state index in [-0.39, 0.29) is 24.7 Å². The second-order valence-corrected chi connectivity index (χ2v) is 13.8. The Kier molecular flexibility index (Phi) is 15.1. The number of hydrogen-bond donors (Lipinski definition) is 6. The van der Waals surface area contributed by atoms with Gasteiger partial charge in [-0.3, -0.25) is 15.1 Å². The molecule has 0 spiro atoms. The summed E-state index contributed by atoms with van der Waals surface area (Å²) in [5, 5.41) is 43.8. The minimum atomic E-state index is -0.669. The Labute approximate surface area is 246 Å². The highest BCUT2D eigenvalue weighted by Gasteiger charge is 2.41. The first-order chi connectivity index (χ1) is 19.3. The average molecular weight is 568 g/mol. The number of hydrogen-bond acceptors (Lipinski definition) is 8. The maximum absolute atomic E-state index is 11.6. The topological polar surface area (TPSA) is 103 Å². The van der Waals surface area contributed by atoms with Crippen LogP contribution < -0.4 is 16.0 Å². The highest BCUT2D eigenvalue weighted by molar-refractivity contribution is 4.96. The summed E-state index contributed by atoms with van der Waals surface area (Å²) in [5.74, 6) is 1.68. The van der Waals surface area contributed by atoms with Gasteiger partial charge >= 0.3 is 0 Å². The van der Waals surface area contributed by atoms with Gasteiger partial charge in [0.1, 0.15) is 12.5 Å². The van der Waals surface area contributed by atoms with E-state index in [2.05, 4.69) is 60.4 Å². The number of aliphatic hydroxyl groups excluding tert-OH is 3. The van der Waals surface area contributed by atoms with Crippen molar-refractivity contribution in [3.63, 3.8) is 0 Å². The summed E-state index contributed by atoms with van der Waals surface area (Å²) in [6, 6.07) is 0.948. The number of nitrogens with zero attached hydrogens (tertiary/aromatic N) is 2. The Morgan fingerprint density at radius 3 is 2.38 bits per heavy atom. The number of rotatable bonds is 19. The van der Waals surface area contributed by atoms with Gasteiger partial charge in [-0.2, -0.15) is 0 Å². The van der Waals surface area contributed by atoms with Gasteiger partial charge in [0.25, 0.3) is 0 Å². The minimum absolute atomic E-state index is 0.0221. The quantitative estimate of drug-likeness (QED) is 0.132. The van der Waals surface area contributed by atoms with Crippen molar-refractivity contribution in [1.29, 1.82) is 0 Å². The van der Waals surface area contributed by atoms with Crippen molar-refractivity contribution in [2.24, 2.45) is 17.8 Å². The van der Waals surface area contributed by atoms with E-state index in [1.54, 1.807) is 0 Å². The molecule has 1 aliphatic carbocycles. The SMILES string of the molecule is CCCCN(CCCC)C(C)CNC(CC(C)C)C(O)N1CC(NC(O)CC2CNC3CCCCC23)CC1CO. The molecule has 9 atom stereocenters. The Bertz CT molecular complexity index is 677. The molecular weight excluding hydrogens is 502 g/mol. The van der Waals surface area contributed by atoms with Crippen LogP contribution in [-0.2, 0) is 0 Å². The fourth-order valence-corrected chi connectivity index (χ4v) is 7.66. The third kappa shape index (κ3) is 10.1. The summed E-state index contributed by atoms with van der Waals surface area (Å²) in [7, 11) is 0. The van der Waals surface area contributed by atoms with Gasteiger partial charge in [0.05, 0.1) is 6.61 Å². The van der Waals surface area contributed by atoms with E-state index in [9.17, 15) is 15.3 Å². The van der Waals surface area contributed by atoms with Crippen LogP contribution in [0.1, 0.15) is 105 Å². The summed E-state index contributed by atoms with van der Waals surface area (Å²) in [6.07, 6.45) is 11.2. The molecule has 3 aliphatic rings. The standard InChI is InChI=1S/C32H65N5O3/c1-6-8-14-36(15-9-7-2)24(5)19-33-30(16-23(3)4)32(40)37-21-26(18-27(37)22-38)35-31(39)17-25-20-34-29-13-11-10-12-28(25)29/h23-35,38-40H,6-22H2,1-5H3. The minimum Gasteiger partial charge on any atom is -0.395 e. The third-order valence-electron chi connectivity index (χ3n) is 10.0. The molecular formula is C32H65N5O3. The Morgan fingerprint density at radius 2 is 1.73 bits per heavy atom. The van der Waals surface area contributed by atoms with Crippen LogP contribution in [0.5, 0.6) is 0 Å². The van der Waals surface area contributed by atoms with Gasteiger partial charge in [0.2, 0.25) is 0 Å². The largest absolute Gasteiger partial charge is 0.395 e. The number of likely N-dealkylation sites (tertiary alicyclic amines) is 1. The Morgan fingerprint density at radius 1 is 1.02 bits per heavy atom. The van der Waals surface area contributed by atoms with E-state index in [0.29, 0.717) is 36.4 Å². The van der Waals surface area contributed by atoms with Crippen LogP contribution in [0.3, 0.4) is 0 Å². The van der Waals surface area contributed by atoms with Gasteiger partial charge in [0.15, 0.2) is 0 Å². The molecule has 40 heavy (non-hydrogen) atoms. The van der Waals surface area contributed by atoms with Gasteiger partial charge in [-0.25, -0.2) is 0 Å². The normalized spacial score (nSPS) is 30.6. The zero-order valence-corrected chi connectivity index (χ0v) is 26.5. The molecule has 8 nitrogen and oxygen atoms in total. The van der Waals surface area contributed by atoms with Gasteiger partial charge in [-0.1, -0.05) is 53.4 Å². The van der Waals surface area contributed by atoms with Gasteiger partial charge in [-0.15, -0.1) is 0 Å². The monoisotopic (exact) mass is 568 g/mol. The predicted octanol–water partition coefficient (Wildman–Crippen LogP) is 3.11. The first kappa shape index (κ1) is 34.2. The van der Waals surface area contributed by atoms with Crippen LogP contribution in [-0.4, -0.2) is 107 Å². The van der Waals surface area contributed by atoms with Crippen LogP contribution in [0, 0.1) is 17.8 Å². The van der Waals surface area contributed by atoms with Crippen molar-refractivity contribution >= 4 is 0 Å². The van der Waals surface area contributed by atoms with Crippen LogP contribution in [0.15, 0.2) is 0 Å². The first-order valence-electron chi connectivity index (χ1n) is 17.0. The van der Waals surface area contributed by atoms with Crippen molar-refractivity contribution in [2.75, 3.05) is 39.3 Å². The molecule has 3 fully saturated rings. The third-order valence-corrected chi connectivity index (χ3v) is 10.0. The second kappa shape index (κ2) is 17.7. The lowest BCUT2D eigenvalue weighted by molar-refractivity contribution is -0.0484. The van der Waals surface area contributed by atoms with E-state index in [1.165, 1.54) is 51.4 Å². The van der Waals surface area contributed by atoms with E-state index in [1.807, 2.05) is 0 Å². The van der Waals surface area contributed by atoms with E-state index in [0.717, 1.165) is 45.4 Å². The van der Waals surface area contributed by atoms with Gasteiger partial charge < -0.3 is 26.0 Å². The number of unbranched alkanes of at least 4 members (excludes halogenated alkanes) is 2. The van der Waals surface area contributed by atoms with Crippen molar-refractivity contribution in [2.45, 2.75) is 148 Å². The molecule has 2 heterocycles. The summed E-state index contributed by atoms with van der Waals surface area (Å²) < 4.78 is 0.